The normalized spacial score (nSPS) is 15.4. The van der Waals surface area contributed by atoms with Gasteiger partial charge in [-0.05, 0) is 39.0 Å². The van der Waals surface area contributed by atoms with Gasteiger partial charge in [0.25, 0.3) is 5.91 Å². The fourth-order valence-electron chi connectivity index (χ4n) is 2.38. The van der Waals surface area contributed by atoms with E-state index < -0.39 is 5.54 Å². The third-order valence-corrected chi connectivity index (χ3v) is 5.48. The van der Waals surface area contributed by atoms with Crippen molar-refractivity contribution in [3.63, 3.8) is 0 Å². The highest BCUT2D eigenvalue weighted by Gasteiger charge is 2.42. The maximum Gasteiger partial charge on any atom is 0.267 e. The molecule has 0 aromatic heterocycles. The van der Waals surface area contributed by atoms with E-state index in [4.69, 9.17) is 27.9 Å². The van der Waals surface area contributed by atoms with Crippen molar-refractivity contribution in [2.75, 3.05) is 12.0 Å². The molecule has 26 heavy (non-hydrogen) atoms. The first-order valence-electron chi connectivity index (χ1n) is 8.12. The molecular weight excluding hydrogens is 395 g/mol. The highest BCUT2D eigenvalue weighted by atomic mass is 35.5. The number of amides is 2. The van der Waals surface area contributed by atoms with Crippen LogP contribution in [0.25, 0.3) is 0 Å². The third kappa shape index (κ3) is 4.67. The molecule has 1 heterocycles. The smallest absolute Gasteiger partial charge is 0.267 e. The standard InChI is InChI=1S/C18H22Cl2N2O3S/c1-10(2)26-15-11(3)25-9-22(16(15)23)18(4,5)17(24)21-14-7-12(19)6-13(20)8-14/h6-8,10H,9H2,1-5H3,(H,21,24). The molecule has 0 saturated carbocycles. The van der Waals surface area contributed by atoms with Crippen LogP contribution in [0.4, 0.5) is 5.69 Å². The number of carbonyl (C=O) groups excluding carboxylic acids is 2. The predicted molar refractivity (Wildman–Crippen MR) is 107 cm³/mol. The molecule has 0 atom stereocenters. The lowest BCUT2D eigenvalue weighted by Crippen LogP contribution is -2.57. The van der Waals surface area contributed by atoms with E-state index in [1.54, 1.807) is 39.0 Å². The number of thioether (sulfide) groups is 1. The number of benzene rings is 1. The van der Waals surface area contributed by atoms with Crippen molar-refractivity contribution < 1.29 is 14.3 Å². The van der Waals surface area contributed by atoms with Gasteiger partial charge >= 0.3 is 0 Å². The van der Waals surface area contributed by atoms with Gasteiger partial charge in [0, 0.05) is 21.0 Å². The Balaban J connectivity index is 2.23. The van der Waals surface area contributed by atoms with E-state index in [1.165, 1.54) is 16.7 Å². The molecule has 2 amide bonds. The highest BCUT2D eigenvalue weighted by Crippen LogP contribution is 2.33. The summed E-state index contributed by atoms with van der Waals surface area (Å²) in [4.78, 5) is 27.7. The zero-order valence-corrected chi connectivity index (χ0v) is 17.7. The van der Waals surface area contributed by atoms with Crippen LogP contribution in [0.15, 0.2) is 28.9 Å². The first-order valence-corrected chi connectivity index (χ1v) is 9.75. The van der Waals surface area contributed by atoms with Crippen LogP contribution < -0.4 is 5.32 Å². The molecule has 5 nitrogen and oxygen atoms in total. The Morgan fingerprint density at radius 1 is 1.27 bits per heavy atom. The van der Waals surface area contributed by atoms with E-state index in [-0.39, 0.29) is 23.8 Å². The topological polar surface area (TPSA) is 58.6 Å². The van der Waals surface area contributed by atoms with Crippen LogP contribution in [-0.2, 0) is 14.3 Å². The van der Waals surface area contributed by atoms with Gasteiger partial charge in [0.2, 0.25) is 5.91 Å². The Morgan fingerprint density at radius 3 is 2.38 bits per heavy atom. The van der Waals surface area contributed by atoms with Gasteiger partial charge in [-0.15, -0.1) is 11.8 Å². The molecule has 0 unspecified atom stereocenters. The molecule has 2 rings (SSSR count). The summed E-state index contributed by atoms with van der Waals surface area (Å²) >= 11 is 13.4. The lowest BCUT2D eigenvalue weighted by Gasteiger charge is -2.40. The maximum absolute atomic E-state index is 12.9. The Bertz CT molecular complexity index is 743. The van der Waals surface area contributed by atoms with Crippen molar-refractivity contribution in [2.45, 2.75) is 45.4 Å². The average molecular weight is 417 g/mol. The molecular formula is C18H22Cl2N2O3S. The van der Waals surface area contributed by atoms with Crippen molar-refractivity contribution in [3.8, 4) is 0 Å². The Hall–Kier alpha value is -1.37. The number of nitrogens with zero attached hydrogens (tertiary/aromatic N) is 1. The van der Waals surface area contributed by atoms with Gasteiger partial charge in [0.15, 0.2) is 6.73 Å². The lowest BCUT2D eigenvalue weighted by molar-refractivity contribution is -0.148. The second kappa shape index (κ2) is 8.11. The Morgan fingerprint density at radius 2 is 1.85 bits per heavy atom. The number of rotatable bonds is 5. The van der Waals surface area contributed by atoms with E-state index in [1.807, 2.05) is 13.8 Å². The monoisotopic (exact) mass is 416 g/mol. The van der Waals surface area contributed by atoms with Crippen LogP contribution in [0, 0.1) is 0 Å². The number of hydrogen-bond donors (Lipinski definition) is 1. The summed E-state index contributed by atoms with van der Waals surface area (Å²) in [6, 6.07) is 4.77. The van der Waals surface area contributed by atoms with Crippen LogP contribution in [0.1, 0.15) is 34.6 Å². The first kappa shape index (κ1) is 20.9. The summed E-state index contributed by atoms with van der Waals surface area (Å²) in [6.07, 6.45) is 0. The van der Waals surface area contributed by atoms with E-state index in [0.717, 1.165) is 0 Å². The Kier molecular flexibility index (Phi) is 6.53. The van der Waals surface area contributed by atoms with Crippen LogP contribution in [-0.4, -0.2) is 34.2 Å². The molecule has 8 heteroatoms. The van der Waals surface area contributed by atoms with Crippen molar-refractivity contribution in [1.82, 2.24) is 4.90 Å². The summed E-state index contributed by atoms with van der Waals surface area (Å²) in [5.74, 6) is 0.0146. The largest absolute Gasteiger partial charge is 0.476 e. The molecule has 0 saturated heterocycles. The van der Waals surface area contributed by atoms with Crippen LogP contribution >= 0.6 is 35.0 Å². The van der Waals surface area contributed by atoms with Gasteiger partial charge in [0.05, 0.1) is 0 Å². The average Bonchev–Trinajstić information content (AvgIpc) is 2.49. The molecule has 1 N–H and O–H groups in total. The van der Waals surface area contributed by atoms with E-state index in [2.05, 4.69) is 5.32 Å². The molecule has 1 aromatic carbocycles. The number of allylic oxidation sites excluding steroid dienone is 1. The van der Waals surface area contributed by atoms with Gasteiger partial charge < -0.3 is 10.1 Å². The quantitative estimate of drug-likeness (QED) is 0.741. The van der Waals surface area contributed by atoms with Crippen molar-refractivity contribution >= 4 is 52.5 Å². The summed E-state index contributed by atoms with van der Waals surface area (Å²) in [7, 11) is 0. The van der Waals surface area contributed by atoms with Gasteiger partial charge in [-0.25, -0.2) is 0 Å². The molecule has 0 fully saturated rings. The zero-order chi connectivity index (χ0) is 19.6. The zero-order valence-electron chi connectivity index (χ0n) is 15.4. The van der Waals surface area contributed by atoms with E-state index >= 15 is 0 Å². The molecule has 1 aliphatic heterocycles. The minimum Gasteiger partial charge on any atom is -0.476 e. The number of halogens is 2. The van der Waals surface area contributed by atoms with Gasteiger partial charge in [-0.2, -0.15) is 0 Å². The number of hydrogen-bond acceptors (Lipinski definition) is 4. The van der Waals surface area contributed by atoms with Gasteiger partial charge in [-0.1, -0.05) is 37.0 Å². The summed E-state index contributed by atoms with van der Waals surface area (Å²) in [6.45, 7) is 9.13. The molecule has 0 bridgehead atoms. The first-order chi connectivity index (χ1) is 12.0. The van der Waals surface area contributed by atoms with Crippen LogP contribution in [0.5, 0.6) is 0 Å². The summed E-state index contributed by atoms with van der Waals surface area (Å²) in [5.41, 5.74) is -0.663. The predicted octanol–water partition coefficient (Wildman–Crippen LogP) is 4.90. The molecule has 0 radical (unpaired) electrons. The molecule has 1 aliphatic rings. The van der Waals surface area contributed by atoms with E-state index in [9.17, 15) is 9.59 Å². The third-order valence-electron chi connectivity index (χ3n) is 3.87. The number of carbonyl (C=O) groups is 2. The highest BCUT2D eigenvalue weighted by molar-refractivity contribution is 8.04. The minimum absolute atomic E-state index is 0.0174. The molecule has 0 spiro atoms. The minimum atomic E-state index is -1.13. The second-order valence-corrected chi connectivity index (χ2v) is 9.19. The van der Waals surface area contributed by atoms with Crippen LogP contribution in [0.3, 0.4) is 0 Å². The van der Waals surface area contributed by atoms with Crippen molar-refractivity contribution in [2.24, 2.45) is 0 Å². The van der Waals surface area contributed by atoms with Crippen molar-refractivity contribution in [1.29, 1.82) is 0 Å². The SMILES string of the molecule is CC1=C(SC(C)C)C(=O)N(C(C)(C)C(=O)Nc2cc(Cl)cc(Cl)c2)CO1. The second-order valence-electron chi connectivity index (χ2n) is 6.73. The fourth-order valence-corrected chi connectivity index (χ4v) is 3.81. The maximum atomic E-state index is 12.9. The van der Waals surface area contributed by atoms with Crippen LogP contribution in [0.2, 0.25) is 10.0 Å². The van der Waals surface area contributed by atoms with Crippen molar-refractivity contribution in [3.05, 3.63) is 38.9 Å². The number of ether oxygens (including phenoxy) is 1. The van der Waals surface area contributed by atoms with Gasteiger partial charge in [0.1, 0.15) is 16.2 Å². The number of anilines is 1. The summed E-state index contributed by atoms with van der Waals surface area (Å²) in [5, 5.41) is 3.82. The fraction of sp³-hybridized carbons (Fsp3) is 0.444. The molecule has 1 aromatic rings. The van der Waals surface area contributed by atoms with Gasteiger partial charge in [-0.3, -0.25) is 14.5 Å². The number of nitrogens with one attached hydrogen (secondary N) is 1. The Labute approximate surface area is 168 Å². The lowest BCUT2D eigenvalue weighted by atomic mass is 10.0. The molecule has 142 valence electrons. The summed E-state index contributed by atoms with van der Waals surface area (Å²) < 4.78 is 5.64. The van der Waals surface area contributed by atoms with E-state index in [0.29, 0.717) is 26.4 Å². The molecule has 0 aliphatic carbocycles.